The number of hydrogen-bond donors (Lipinski definition) is 1. The predicted octanol–water partition coefficient (Wildman–Crippen LogP) is 2.95. The van der Waals surface area contributed by atoms with E-state index in [2.05, 4.69) is 0 Å². The second-order valence-electron chi connectivity index (χ2n) is 4.27. The van der Waals surface area contributed by atoms with Crippen LogP contribution in [0.3, 0.4) is 0 Å². The number of aryl methyl sites for hydroxylation is 2. The van der Waals surface area contributed by atoms with Gasteiger partial charge in [0.2, 0.25) is 5.60 Å². The van der Waals surface area contributed by atoms with Gasteiger partial charge in [-0.05, 0) is 37.1 Å². The van der Waals surface area contributed by atoms with Gasteiger partial charge in [0.15, 0.2) is 0 Å². The molecule has 0 amide bonds. The second kappa shape index (κ2) is 3.67. The van der Waals surface area contributed by atoms with Gasteiger partial charge in [0.1, 0.15) is 5.75 Å². The quantitative estimate of drug-likeness (QED) is 0.884. The predicted molar refractivity (Wildman–Crippen MR) is 61.2 cm³/mol. The van der Waals surface area contributed by atoms with Crippen LogP contribution < -0.4 is 4.74 Å². The van der Waals surface area contributed by atoms with Crippen LogP contribution in [0.5, 0.6) is 5.75 Å². The van der Waals surface area contributed by atoms with Gasteiger partial charge in [0.05, 0.1) is 0 Å². The van der Waals surface area contributed by atoms with Gasteiger partial charge in [0.25, 0.3) is 0 Å². The van der Waals surface area contributed by atoms with Gasteiger partial charge in [0, 0.05) is 17.9 Å². The molecule has 16 heavy (non-hydrogen) atoms. The van der Waals surface area contributed by atoms with Crippen molar-refractivity contribution in [1.82, 2.24) is 0 Å². The van der Waals surface area contributed by atoms with Crippen LogP contribution >= 0.6 is 11.6 Å². The van der Waals surface area contributed by atoms with E-state index in [4.69, 9.17) is 21.4 Å². The fraction of sp³-hybridized carbons (Fsp3) is 0.417. The van der Waals surface area contributed by atoms with Gasteiger partial charge in [-0.2, -0.15) is 0 Å². The minimum Gasteiger partial charge on any atom is -0.478 e. The van der Waals surface area contributed by atoms with E-state index in [1.165, 1.54) is 0 Å². The van der Waals surface area contributed by atoms with Gasteiger partial charge in [-0.15, -0.1) is 0 Å². The van der Waals surface area contributed by atoms with Gasteiger partial charge < -0.3 is 9.84 Å². The van der Waals surface area contributed by atoms with Crippen LogP contribution in [0.25, 0.3) is 0 Å². The van der Waals surface area contributed by atoms with Crippen LogP contribution in [0.15, 0.2) is 12.1 Å². The summed E-state index contributed by atoms with van der Waals surface area (Å²) in [6, 6.07) is 3.55. The third-order valence-electron chi connectivity index (χ3n) is 2.82. The molecule has 0 bridgehead atoms. The standard InChI is InChI=1S/C12H13ClO3/c1-7-5-9(6-8(2)10(7)13)16-12(3-4-12)11(14)15/h5-6H,3-4H2,1-2H3,(H,14,15). The maximum absolute atomic E-state index is 11.0. The highest BCUT2D eigenvalue weighted by Gasteiger charge is 2.53. The largest absolute Gasteiger partial charge is 0.478 e. The molecule has 0 aromatic heterocycles. The molecule has 86 valence electrons. The third-order valence-corrected chi connectivity index (χ3v) is 3.41. The summed E-state index contributed by atoms with van der Waals surface area (Å²) in [5, 5.41) is 9.71. The van der Waals surface area contributed by atoms with Crippen molar-refractivity contribution in [3.8, 4) is 5.75 Å². The van der Waals surface area contributed by atoms with Crippen molar-refractivity contribution >= 4 is 17.6 Å². The zero-order valence-corrected chi connectivity index (χ0v) is 9.97. The molecule has 0 radical (unpaired) electrons. The Morgan fingerprint density at radius 3 is 2.25 bits per heavy atom. The summed E-state index contributed by atoms with van der Waals surface area (Å²) in [7, 11) is 0. The molecule has 1 aliphatic rings. The molecule has 3 nitrogen and oxygen atoms in total. The van der Waals surface area contributed by atoms with E-state index in [1.807, 2.05) is 13.8 Å². The maximum Gasteiger partial charge on any atom is 0.348 e. The Kier molecular flexibility index (Phi) is 2.58. The van der Waals surface area contributed by atoms with E-state index in [9.17, 15) is 4.79 Å². The number of carboxylic acids is 1. The average molecular weight is 241 g/mol. The third kappa shape index (κ3) is 1.87. The highest BCUT2D eigenvalue weighted by molar-refractivity contribution is 6.32. The Morgan fingerprint density at radius 2 is 1.88 bits per heavy atom. The summed E-state index contributed by atoms with van der Waals surface area (Å²) < 4.78 is 5.53. The number of hydrogen-bond acceptors (Lipinski definition) is 2. The number of aliphatic carboxylic acids is 1. The number of carboxylic acid groups (broad SMARTS) is 1. The molecule has 0 spiro atoms. The van der Waals surface area contributed by atoms with Crippen molar-refractivity contribution in [2.45, 2.75) is 32.3 Å². The van der Waals surface area contributed by atoms with E-state index >= 15 is 0 Å². The van der Waals surface area contributed by atoms with Crippen LogP contribution in [0.4, 0.5) is 0 Å². The summed E-state index contributed by atoms with van der Waals surface area (Å²) >= 11 is 6.03. The first-order valence-corrected chi connectivity index (χ1v) is 5.51. The number of rotatable bonds is 3. The first-order chi connectivity index (χ1) is 7.44. The number of benzene rings is 1. The molecule has 4 heteroatoms. The molecule has 1 aliphatic carbocycles. The van der Waals surface area contributed by atoms with Gasteiger partial charge in [-0.3, -0.25) is 0 Å². The Morgan fingerprint density at radius 1 is 1.38 bits per heavy atom. The van der Waals surface area contributed by atoms with E-state index in [1.54, 1.807) is 12.1 Å². The molecule has 0 saturated heterocycles. The van der Waals surface area contributed by atoms with Crippen LogP contribution in [-0.4, -0.2) is 16.7 Å². The van der Waals surface area contributed by atoms with Crippen LogP contribution in [-0.2, 0) is 4.79 Å². The van der Waals surface area contributed by atoms with Crippen molar-refractivity contribution in [3.63, 3.8) is 0 Å². The lowest BCUT2D eigenvalue weighted by molar-refractivity contribution is -0.147. The molecule has 1 fully saturated rings. The maximum atomic E-state index is 11.0. The normalized spacial score (nSPS) is 16.9. The lowest BCUT2D eigenvalue weighted by atomic mass is 10.1. The lowest BCUT2D eigenvalue weighted by Crippen LogP contribution is -2.29. The van der Waals surface area contributed by atoms with Crippen LogP contribution in [0.2, 0.25) is 5.02 Å². The molecule has 0 heterocycles. The van der Waals surface area contributed by atoms with Crippen molar-refractivity contribution in [3.05, 3.63) is 28.3 Å². The van der Waals surface area contributed by atoms with Gasteiger partial charge in [-0.1, -0.05) is 11.6 Å². The van der Waals surface area contributed by atoms with E-state index in [0.717, 1.165) is 11.1 Å². The summed E-state index contributed by atoms with van der Waals surface area (Å²) in [6.07, 6.45) is 1.14. The Labute approximate surface area is 99.0 Å². The van der Waals surface area contributed by atoms with Crippen molar-refractivity contribution in [2.75, 3.05) is 0 Å². The second-order valence-corrected chi connectivity index (χ2v) is 4.65. The average Bonchev–Trinajstić information content (AvgIpc) is 2.95. The molecule has 1 N–H and O–H groups in total. The highest BCUT2D eigenvalue weighted by atomic mass is 35.5. The van der Waals surface area contributed by atoms with Crippen LogP contribution in [0.1, 0.15) is 24.0 Å². The summed E-state index contributed by atoms with van der Waals surface area (Å²) in [5.74, 6) is -0.308. The molecule has 0 atom stereocenters. The minimum absolute atomic E-state index is 0.572. The zero-order valence-electron chi connectivity index (χ0n) is 9.21. The summed E-state index contributed by atoms with van der Waals surface area (Å²) in [5.41, 5.74) is 0.808. The van der Waals surface area contributed by atoms with Crippen LogP contribution in [0, 0.1) is 13.8 Å². The number of carbonyl (C=O) groups is 1. The van der Waals surface area contributed by atoms with E-state index < -0.39 is 11.6 Å². The molecule has 1 aromatic rings. The Balaban J connectivity index is 2.26. The Bertz CT molecular complexity index is 427. The number of halogens is 1. The highest BCUT2D eigenvalue weighted by Crippen LogP contribution is 2.41. The van der Waals surface area contributed by atoms with Gasteiger partial charge in [-0.25, -0.2) is 4.79 Å². The van der Waals surface area contributed by atoms with Crippen molar-refractivity contribution < 1.29 is 14.6 Å². The van der Waals surface area contributed by atoms with E-state index in [-0.39, 0.29) is 0 Å². The molecule has 2 rings (SSSR count). The first kappa shape index (κ1) is 11.3. The zero-order chi connectivity index (χ0) is 11.9. The molecule has 1 saturated carbocycles. The summed E-state index contributed by atoms with van der Waals surface area (Å²) in [6.45, 7) is 3.76. The molecular formula is C12H13ClO3. The molecule has 0 aliphatic heterocycles. The molecule has 0 unspecified atom stereocenters. The van der Waals surface area contributed by atoms with Crippen molar-refractivity contribution in [1.29, 1.82) is 0 Å². The van der Waals surface area contributed by atoms with E-state index in [0.29, 0.717) is 23.6 Å². The molecular weight excluding hydrogens is 228 g/mol. The first-order valence-electron chi connectivity index (χ1n) is 5.14. The van der Waals surface area contributed by atoms with Gasteiger partial charge >= 0.3 is 5.97 Å². The summed E-state index contributed by atoms with van der Waals surface area (Å²) in [4.78, 5) is 11.0. The topological polar surface area (TPSA) is 46.5 Å². The number of ether oxygens (including phenoxy) is 1. The smallest absolute Gasteiger partial charge is 0.348 e. The fourth-order valence-corrected chi connectivity index (χ4v) is 1.77. The lowest BCUT2D eigenvalue weighted by Gasteiger charge is -2.15. The minimum atomic E-state index is -0.993. The SMILES string of the molecule is Cc1cc(OC2(C(=O)O)CC2)cc(C)c1Cl. The van der Waals surface area contributed by atoms with Crippen molar-refractivity contribution in [2.24, 2.45) is 0 Å². The fourth-order valence-electron chi connectivity index (χ4n) is 1.66. The Hall–Kier alpha value is -1.22. The monoisotopic (exact) mass is 240 g/mol. The molecule has 1 aromatic carbocycles.